The summed E-state index contributed by atoms with van der Waals surface area (Å²) < 4.78 is 0. The van der Waals surface area contributed by atoms with Crippen LogP contribution in [0.2, 0.25) is 10.0 Å². The molecule has 2 heterocycles. The summed E-state index contributed by atoms with van der Waals surface area (Å²) in [5.74, 6) is 0.0991. The van der Waals surface area contributed by atoms with E-state index in [9.17, 15) is 14.9 Å². The van der Waals surface area contributed by atoms with Crippen LogP contribution in [-0.2, 0) is 4.79 Å². The predicted molar refractivity (Wildman–Crippen MR) is 163 cm³/mol. The first kappa shape index (κ1) is 29.3. The molecule has 3 aromatic rings. The third kappa shape index (κ3) is 6.68. The summed E-state index contributed by atoms with van der Waals surface area (Å²) in [4.78, 5) is 34.0. The lowest BCUT2D eigenvalue weighted by atomic mass is 9.93. The van der Waals surface area contributed by atoms with Crippen LogP contribution in [0.15, 0.2) is 54.6 Å². The second-order valence-corrected chi connectivity index (χ2v) is 12.0. The second kappa shape index (κ2) is 12.8. The predicted octanol–water partition coefficient (Wildman–Crippen LogP) is 5.11. The molecule has 2 fully saturated rings. The van der Waals surface area contributed by atoms with Gasteiger partial charge in [0.2, 0.25) is 5.91 Å². The van der Waals surface area contributed by atoms with Crippen molar-refractivity contribution in [3.63, 3.8) is 0 Å². The highest BCUT2D eigenvalue weighted by Gasteiger charge is 2.34. The van der Waals surface area contributed by atoms with E-state index in [0.717, 1.165) is 68.6 Å². The molecule has 5 rings (SSSR count). The number of carbonyl (C=O) groups excluding carboxylic acids is 2. The fourth-order valence-electron chi connectivity index (χ4n) is 6.00. The van der Waals surface area contributed by atoms with Gasteiger partial charge in [0.05, 0.1) is 21.7 Å². The monoisotopic (exact) mass is 591 g/mol. The van der Waals surface area contributed by atoms with Crippen molar-refractivity contribution in [2.45, 2.75) is 25.3 Å². The van der Waals surface area contributed by atoms with Crippen LogP contribution < -0.4 is 0 Å². The Bertz CT molecular complexity index is 1470. The lowest BCUT2D eigenvalue weighted by Gasteiger charge is -2.48. The molecule has 0 saturated carbocycles. The zero-order chi connectivity index (χ0) is 29.1. The Hall–Kier alpha value is -3.15. The van der Waals surface area contributed by atoms with E-state index in [2.05, 4.69) is 15.9 Å². The van der Waals surface area contributed by atoms with Gasteiger partial charge in [-0.2, -0.15) is 5.26 Å². The second-order valence-electron chi connectivity index (χ2n) is 11.2. The molecule has 0 aromatic heterocycles. The molecule has 2 aliphatic heterocycles. The normalized spacial score (nSPS) is 17.2. The molecule has 3 aromatic carbocycles. The number of nitriles is 1. The van der Waals surface area contributed by atoms with Gasteiger partial charge in [-0.15, -0.1) is 0 Å². The van der Waals surface area contributed by atoms with E-state index in [-0.39, 0.29) is 17.7 Å². The van der Waals surface area contributed by atoms with Crippen molar-refractivity contribution in [2.75, 3.05) is 59.4 Å². The molecule has 7 nitrogen and oxygen atoms in total. The summed E-state index contributed by atoms with van der Waals surface area (Å²) in [6.07, 6.45) is 0.861. The molecular weight excluding hydrogens is 557 g/mol. The summed E-state index contributed by atoms with van der Waals surface area (Å²) in [6, 6.07) is 19.6. The van der Waals surface area contributed by atoms with E-state index < -0.39 is 0 Å². The van der Waals surface area contributed by atoms with Crippen LogP contribution in [0.5, 0.6) is 0 Å². The highest BCUT2D eigenvalue weighted by molar-refractivity contribution is 6.42. The number of likely N-dealkylation sites (tertiary alicyclic amines) is 1. The topological polar surface area (TPSA) is 70.9 Å². The van der Waals surface area contributed by atoms with E-state index in [1.54, 1.807) is 17.9 Å². The maximum absolute atomic E-state index is 13.7. The van der Waals surface area contributed by atoms with Crippen molar-refractivity contribution >= 4 is 45.8 Å². The van der Waals surface area contributed by atoms with Crippen molar-refractivity contribution < 1.29 is 9.59 Å². The van der Waals surface area contributed by atoms with Gasteiger partial charge in [-0.25, -0.2) is 0 Å². The minimum Gasteiger partial charge on any atom is -0.341 e. The molecule has 0 aliphatic carbocycles. The number of piperazine rings is 1. The summed E-state index contributed by atoms with van der Waals surface area (Å²) in [5.41, 5.74) is 2.05. The number of carbonyl (C=O) groups is 2. The molecule has 2 aliphatic rings. The molecule has 2 amide bonds. The quantitative estimate of drug-likeness (QED) is 0.364. The van der Waals surface area contributed by atoms with Crippen molar-refractivity contribution in [3.05, 3.63) is 81.3 Å². The lowest BCUT2D eigenvalue weighted by molar-refractivity contribution is -0.131. The third-order valence-corrected chi connectivity index (χ3v) is 9.22. The number of fused-ring (bicyclic) bond motifs is 1. The maximum Gasteiger partial charge on any atom is 0.254 e. The number of halogens is 2. The molecule has 41 heavy (non-hydrogen) atoms. The molecule has 0 spiro atoms. The Morgan fingerprint density at radius 2 is 1.76 bits per heavy atom. The fourth-order valence-corrected chi connectivity index (χ4v) is 6.30. The molecular formula is C32H35Cl2N5O2. The Labute approximate surface area is 251 Å². The number of amides is 2. The van der Waals surface area contributed by atoms with Crippen LogP contribution in [-0.4, -0.2) is 96.9 Å². The fraction of sp³-hybridized carbons (Fsp3) is 0.406. The lowest BCUT2D eigenvalue weighted by Crippen LogP contribution is -2.63. The van der Waals surface area contributed by atoms with Crippen LogP contribution in [0.3, 0.4) is 0 Å². The van der Waals surface area contributed by atoms with Crippen LogP contribution in [0, 0.1) is 11.3 Å². The van der Waals surface area contributed by atoms with Gasteiger partial charge in [-0.1, -0.05) is 53.5 Å². The van der Waals surface area contributed by atoms with Crippen LogP contribution in [0.4, 0.5) is 0 Å². The van der Waals surface area contributed by atoms with Gasteiger partial charge in [-0.05, 0) is 53.6 Å². The Morgan fingerprint density at radius 1 is 1.02 bits per heavy atom. The minimum absolute atomic E-state index is 0.0577. The summed E-state index contributed by atoms with van der Waals surface area (Å²) in [5, 5.41) is 12.3. The Kier molecular flexibility index (Phi) is 9.16. The summed E-state index contributed by atoms with van der Waals surface area (Å²) in [6.45, 7) is 8.54. The number of benzene rings is 3. The molecule has 214 valence electrons. The Morgan fingerprint density at radius 3 is 2.44 bits per heavy atom. The first-order chi connectivity index (χ1) is 19.7. The van der Waals surface area contributed by atoms with Crippen molar-refractivity contribution in [3.8, 4) is 6.07 Å². The molecule has 0 bridgehead atoms. The van der Waals surface area contributed by atoms with Gasteiger partial charge in [0.15, 0.2) is 0 Å². The van der Waals surface area contributed by atoms with Crippen molar-refractivity contribution in [1.82, 2.24) is 19.6 Å². The van der Waals surface area contributed by atoms with Gasteiger partial charge in [0.25, 0.3) is 5.91 Å². The largest absolute Gasteiger partial charge is 0.341 e. The van der Waals surface area contributed by atoms with Gasteiger partial charge < -0.3 is 14.7 Å². The summed E-state index contributed by atoms with van der Waals surface area (Å²) in [7, 11) is 1.82. The van der Waals surface area contributed by atoms with E-state index in [0.29, 0.717) is 33.8 Å². The van der Waals surface area contributed by atoms with Crippen LogP contribution in [0.1, 0.15) is 40.7 Å². The zero-order valence-electron chi connectivity index (χ0n) is 23.5. The highest BCUT2D eigenvalue weighted by atomic mass is 35.5. The molecule has 0 N–H and O–H groups in total. The van der Waals surface area contributed by atoms with Gasteiger partial charge in [0.1, 0.15) is 0 Å². The van der Waals surface area contributed by atoms with E-state index >= 15 is 0 Å². The zero-order valence-corrected chi connectivity index (χ0v) is 25.0. The average molecular weight is 593 g/mol. The molecule has 0 radical (unpaired) electrons. The number of likely N-dealkylation sites (N-methyl/N-ethyl adjacent to an activating group) is 1. The van der Waals surface area contributed by atoms with E-state index in [1.807, 2.05) is 60.5 Å². The first-order valence-electron chi connectivity index (χ1n) is 14.1. The van der Waals surface area contributed by atoms with Crippen molar-refractivity contribution in [1.29, 1.82) is 5.26 Å². The minimum atomic E-state index is -0.114. The van der Waals surface area contributed by atoms with Gasteiger partial charge >= 0.3 is 0 Å². The van der Waals surface area contributed by atoms with Crippen LogP contribution in [0.25, 0.3) is 10.8 Å². The van der Waals surface area contributed by atoms with E-state index in [1.165, 1.54) is 0 Å². The summed E-state index contributed by atoms with van der Waals surface area (Å²) >= 11 is 12.6. The number of rotatable bonds is 8. The van der Waals surface area contributed by atoms with E-state index in [4.69, 9.17) is 23.2 Å². The molecule has 1 atom stereocenters. The number of hydrogen-bond acceptors (Lipinski definition) is 5. The SMILES string of the molecule is CC(=O)N1CCN(C2CN(CC[C@H](CN(C)C(=O)c3cc(C#N)cc4ccccc34)c3ccc(Cl)c(Cl)c3)C2)CC1. The molecule has 2 saturated heterocycles. The third-order valence-electron chi connectivity index (χ3n) is 8.48. The number of nitrogens with zero attached hydrogens (tertiary/aromatic N) is 5. The molecule has 9 heteroatoms. The Balaban J connectivity index is 1.26. The van der Waals surface area contributed by atoms with Crippen LogP contribution >= 0.6 is 23.2 Å². The van der Waals surface area contributed by atoms with Crippen molar-refractivity contribution in [2.24, 2.45) is 0 Å². The smallest absolute Gasteiger partial charge is 0.254 e. The van der Waals surface area contributed by atoms with Gasteiger partial charge in [-0.3, -0.25) is 14.5 Å². The number of hydrogen-bond donors (Lipinski definition) is 0. The first-order valence-corrected chi connectivity index (χ1v) is 14.8. The highest BCUT2D eigenvalue weighted by Crippen LogP contribution is 2.31. The standard InChI is InChI=1S/C32H35Cl2N5O2/c1-22(40)38-11-13-39(14-12-38)27-20-37(21-27)10-9-26(24-7-8-30(33)31(34)17-24)19-36(2)32(41)29-16-23(18-35)15-25-5-3-4-6-28(25)29/h3-8,15-17,26-27H,9-14,19-21H2,1-2H3/t26-/m1/s1. The molecule has 0 unspecified atom stereocenters. The average Bonchev–Trinajstić information content (AvgIpc) is 2.96. The van der Waals surface area contributed by atoms with Gasteiger partial charge in [0, 0.05) is 77.3 Å². The maximum atomic E-state index is 13.7.